The maximum atomic E-state index is 14.2. The van der Waals surface area contributed by atoms with E-state index < -0.39 is 72.6 Å². The number of benzene rings is 1. The average Bonchev–Trinajstić information content (AvgIpc) is 3.46. The third kappa shape index (κ3) is 10.0. The fourth-order valence-electron chi connectivity index (χ4n) is 6.60. The molecule has 268 valence electrons. The molecule has 49 heavy (non-hydrogen) atoms. The fraction of sp³-hybridized carbons (Fsp3) is 0.588. The highest BCUT2D eigenvalue weighted by atomic mass is 16.5. The Hall–Kier alpha value is -4.50. The first kappa shape index (κ1) is 37.3. The number of morpholine rings is 1. The number of H-pyrrole nitrogens is 1. The summed E-state index contributed by atoms with van der Waals surface area (Å²) in [6.07, 6.45) is 2.70. The molecule has 15 nitrogen and oxygen atoms in total. The van der Waals surface area contributed by atoms with Crippen molar-refractivity contribution in [2.45, 2.75) is 70.1 Å². The van der Waals surface area contributed by atoms with Crippen molar-refractivity contribution in [2.24, 2.45) is 5.92 Å². The number of fused-ring (bicyclic) bond motifs is 1. The molecule has 4 atom stereocenters. The number of nitrogens with one attached hydrogen (secondary N) is 5. The van der Waals surface area contributed by atoms with Crippen molar-refractivity contribution in [2.75, 3.05) is 53.5 Å². The van der Waals surface area contributed by atoms with E-state index in [1.807, 2.05) is 24.3 Å². The van der Waals surface area contributed by atoms with E-state index in [4.69, 9.17) is 4.74 Å². The number of carboxylic acids is 1. The van der Waals surface area contributed by atoms with Crippen LogP contribution in [0.2, 0.25) is 0 Å². The van der Waals surface area contributed by atoms with Crippen molar-refractivity contribution in [3.8, 4) is 0 Å². The summed E-state index contributed by atoms with van der Waals surface area (Å²) in [6.45, 7) is 7.07. The highest BCUT2D eigenvalue weighted by Crippen LogP contribution is 2.21. The van der Waals surface area contributed by atoms with Gasteiger partial charge in [-0.1, -0.05) is 32.0 Å². The van der Waals surface area contributed by atoms with E-state index in [1.165, 1.54) is 11.9 Å². The quantitative estimate of drug-likeness (QED) is 0.147. The molecule has 2 aromatic rings. The number of likely N-dealkylation sites (N-methyl/N-ethyl adjacent to an activating group) is 2. The molecule has 2 aliphatic heterocycles. The molecular formula is C34H50N7O8+. The number of hydrogen-bond donors (Lipinski definition) is 6. The number of amides is 5. The molecule has 6 N–H and O–H groups in total. The maximum Gasteiger partial charge on any atom is 0.305 e. The first-order valence-corrected chi connectivity index (χ1v) is 16.9. The van der Waals surface area contributed by atoms with Crippen LogP contribution in [-0.2, 0) is 39.9 Å². The van der Waals surface area contributed by atoms with Gasteiger partial charge in [0.15, 0.2) is 0 Å². The summed E-state index contributed by atoms with van der Waals surface area (Å²) in [5, 5.41) is 20.8. The summed E-state index contributed by atoms with van der Waals surface area (Å²) in [4.78, 5) is 84.1. The number of para-hydroxylation sites is 1. The van der Waals surface area contributed by atoms with Gasteiger partial charge in [0.05, 0.1) is 39.8 Å². The largest absolute Gasteiger partial charge is 0.481 e. The number of rotatable bonds is 10. The van der Waals surface area contributed by atoms with Crippen LogP contribution < -0.4 is 21.3 Å². The number of nitrogens with zero attached hydrogens (tertiary/aromatic N) is 2. The fourth-order valence-corrected chi connectivity index (χ4v) is 6.60. The van der Waals surface area contributed by atoms with Gasteiger partial charge in [-0.25, -0.2) is 0 Å². The molecule has 2 saturated heterocycles. The normalized spacial score (nSPS) is 24.4. The first-order chi connectivity index (χ1) is 23.3. The maximum absolute atomic E-state index is 14.2. The summed E-state index contributed by atoms with van der Waals surface area (Å²) in [6, 6.07) is 2.68. The van der Waals surface area contributed by atoms with Gasteiger partial charge in [0, 0.05) is 30.6 Å². The monoisotopic (exact) mass is 684 g/mol. The number of carboxylic acid groups (broad SMARTS) is 1. The molecule has 0 saturated carbocycles. The zero-order chi connectivity index (χ0) is 35.7. The highest BCUT2D eigenvalue weighted by molar-refractivity contribution is 5.98. The second kappa shape index (κ2) is 16.7. The number of aliphatic carboxylic acids is 1. The van der Waals surface area contributed by atoms with E-state index in [1.54, 1.807) is 20.0 Å². The molecule has 2 fully saturated rings. The lowest BCUT2D eigenvalue weighted by molar-refractivity contribution is -0.917. The van der Waals surface area contributed by atoms with Gasteiger partial charge in [0.25, 0.3) is 0 Å². The smallest absolute Gasteiger partial charge is 0.305 e. The average molecular weight is 685 g/mol. The van der Waals surface area contributed by atoms with E-state index in [2.05, 4.69) is 33.3 Å². The minimum atomic E-state index is -1.53. The molecule has 1 aromatic heterocycles. The molecule has 0 aliphatic carbocycles. The lowest BCUT2D eigenvalue weighted by atomic mass is 9.98. The van der Waals surface area contributed by atoms with Gasteiger partial charge in [-0.15, -0.1) is 0 Å². The van der Waals surface area contributed by atoms with E-state index in [0.717, 1.165) is 41.4 Å². The van der Waals surface area contributed by atoms with Gasteiger partial charge in [-0.3, -0.25) is 28.8 Å². The van der Waals surface area contributed by atoms with E-state index >= 15 is 0 Å². The minimum absolute atomic E-state index is 0.0192. The van der Waals surface area contributed by atoms with Crippen molar-refractivity contribution in [1.82, 2.24) is 31.2 Å². The predicted octanol–water partition coefficient (Wildman–Crippen LogP) is -0.101. The molecule has 3 heterocycles. The van der Waals surface area contributed by atoms with Gasteiger partial charge in [-0.05, 0) is 36.8 Å². The molecule has 4 rings (SSSR count). The van der Waals surface area contributed by atoms with Crippen LogP contribution >= 0.6 is 0 Å². The van der Waals surface area contributed by atoms with E-state index in [-0.39, 0.29) is 12.3 Å². The van der Waals surface area contributed by atoms with E-state index in [0.29, 0.717) is 31.6 Å². The second-order valence-corrected chi connectivity index (χ2v) is 13.7. The van der Waals surface area contributed by atoms with Crippen molar-refractivity contribution in [3.05, 3.63) is 36.0 Å². The lowest BCUT2D eigenvalue weighted by Gasteiger charge is -2.37. The van der Waals surface area contributed by atoms with Gasteiger partial charge in [-0.2, -0.15) is 0 Å². The number of ether oxygens (including phenoxy) is 1. The molecule has 0 unspecified atom stereocenters. The van der Waals surface area contributed by atoms with Gasteiger partial charge in [0.2, 0.25) is 29.5 Å². The number of aromatic amines is 1. The summed E-state index contributed by atoms with van der Waals surface area (Å²) in [7, 11) is 3.64. The Labute approximate surface area is 286 Å². The molecule has 2 aliphatic rings. The molecule has 0 radical (unpaired) electrons. The molecule has 5 amide bonds. The van der Waals surface area contributed by atoms with Crippen LogP contribution in [0.3, 0.4) is 0 Å². The van der Waals surface area contributed by atoms with Crippen LogP contribution in [0.5, 0.6) is 0 Å². The Morgan fingerprint density at radius 1 is 0.959 bits per heavy atom. The predicted molar refractivity (Wildman–Crippen MR) is 180 cm³/mol. The topological polar surface area (TPSA) is 199 Å². The van der Waals surface area contributed by atoms with Crippen LogP contribution in [0.25, 0.3) is 10.9 Å². The Morgan fingerprint density at radius 3 is 2.35 bits per heavy atom. The Morgan fingerprint density at radius 2 is 1.65 bits per heavy atom. The SMILES string of the molecule is CC(C)[C@H]1C(=O)N[C@@H](CCCC[N+]2(C)CCOCC2)C(=O)NCC(=O)N[C@@H](CC(=O)O)C(=O)N[C@H](Cc2c[nH]c3ccccc23)C(=O)N1C. The van der Waals surface area contributed by atoms with Crippen molar-refractivity contribution in [3.63, 3.8) is 0 Å². The molecule has 1 aromatic carbocycles. The third-order valence-corrected chi connectivity index (χ3v) is 9.46. The molecule has 0 bridgehead atoms. The zero-order valence-electron chi connectivity index (χ0n) is 28.8. The minimum Gasteiger partial charge on any atom is -0.481 e. The zero-order valence-corrected chi connectivity index (χ0v) is 28.8. The standard InChI is InChI=1S/C34H49N7O8/c1-21(2)30-33(47)38-25(11-7-8-12-41(4)13-15-49-16-14-41)31(45)36-20-28(42)37-26(18-29(43)44)32(46)39-27(34(48)40(30)3)17-22-19-35-24-10-6-5-9-23(22)24/h5-6,9-10,19,21,25-27,30,35H,7-8,11-18,20H2,1-4H3,(H4-,36,37,38,39,42,43,44,45,46,47)/p+1/t25-,26-,27+,30-/m0/s1. The molecular weight excluding hydrogens is 634 g/mol. The molecule has 15 heteroatoms. The Kier molecular flexibility index (Phi) is 12.8. The summed E-state index contributed by atoms with van der Waals surface area (Å²) < 4.78 is 6.35. The number of unbranched alkanes of at least 4 members (excludes halogenated alkanes) is 1. The van der Waals surface area contributed by atoms with Gasteiger partial charge >= 0.3 is 5.97 Å². The highest BCUT2D eigenvalue weighted by Gasteiger charge is 2.38. The number of hydrogen-bond acceptors (Lipinski definition) is 7. The number of quaternary nitrogens is 1. The first-order valence-electron chi connectivity index (χ1n) is 16.9. The number of aromatic nitrogens is 1. The summed E-state index contributed by atoms with van der Waals surface area (Å²) in [5.74, 6) is -5.14. The lowest BCUT2D eigenvalue weighted by Crippen LogP contribution is -2.59. The van der Waals surface area contributed by atoms with Crippen LogP contribution in [0.15, 0.2) is 30.5 Å². The van der Waals surface area contributed by atoms with Crippen molar-refractivity contribution in [1.29, 1.82) is 0 Å². The summed E-state index contributed by atoms with van der Waals surface area (Å²) >= 11 is 0. The Bertz CT molecular complexity index is 1520. The number of carbonyl (C=O) groups is 6. The van der Waals surface area contributed by atoms with Gasteiger partial charge < -0.3 is 45.5 Å². The summed E-state index contributed by atoms with van der Waals surface area (Å²) in [5.41, 5.74) is 1.54. The van der Waals surface area contributed by atoms with E-state index in [9.17, 15) is 33.9 Å². The number of carbonyl (C=O) groups excluding carboxylic acids is 5. The van der Waals surface area contributed by atoms with Crippen molar-refractivity contribution < 1.29 is 43.1 Å². The van der Waals surface area contributed by atoms with Gasteiger partial charge in [0.1, 0.15) is 37.3 Å². The molecule has 0 spiro atoms. The Balaban J connectivity index is 1.62. The van der Waals surface area contributed by atoms with Crippen molar-refractivity contribution >= 4 is 46.4 Å². The van der Waals surface area contributed by atoms with Crippen LogP contribution in [0.4, 0.5) is 0 Å². The second-order valence-electron chi connectivity index (χ2n) is 13.7. The third-order valence-electron chi connectivity index (χ3n) is 9.46. The van der Waals surface area contributed by atoms with Crippen LogP contribution in [0, 0.1) is 5.92 Å². The van der Waals surface area contributed by atoms with Crippen LogP contribution in [-0.4, -0.2) is 133 Å². The van der Waals surface area contributed by atoms with Crippen LogP contribution in [0.1, 0.15) is 45.1 Å².